The summed E-state index contributed by atoms with van der Waals surface area (Å²) in [6.07, 6.45) is 0. The normalized spacial score (nSPS) is 11.5. The molecule has 0 spiro atoms. The zero-order chi connectivity index (χ0) is 14.0. The van der Waals surface area contributed by atoms with Gasteiger partial charge in [0.1, 0.15) is 11.5 Å². The molecule has 0 aliphatic rings. The Morgan fingerprint density at radius 3 is 1.95 bits per heavy atom. The molecule has 100 valence electrons. The number of halogens is 2. The summed E-state index contributed by atoms with van der Waals surface area (Å²) in [7, 11) is 0. The van der Waals surface area contributed by atoms with Gasteiger partial charge in [-0.15, -0.1) is 0 Å². The van der Waals surface area contributed by atoms with Gasteiger partial charge in [0, 0.05) is 5.56 Å². The van der Waals surface area contributed by atoms with Gasteiger partial charge in [-0.05, 0) is 17.7 Å². The van der Waals surface area contributed by atoms with Crippen molar-refractivity contribution in [2.45, 2.75) is 1.43 Å². The van der Waals surface area contributed by atoms with Crippen LogP contribution < -0.4 is 0 Å². The summed E-state index contributed by atoms with van der Waals surface area (Å²) in [5.41, 5.74) is 2.34. The van der Waals surface area contributed by atoms with E-state index in [4.69, 9.17) is 4.42 Å². The van der Waals surface area contributed by atoms with Crippen molar-refractivity contribution < 1.29 is 4.42 Å². The number of rotatable bonds is 3. The minimum atomic E-state index is -0.191. The quantitative estimate of drug-likeness (QED) is 0.326. The van der Waals surface area contributed by atoms with E-state index in [0.717, 1.165) is 17.1 Å². The summed E-state index contributed by atoms with van der Waals surface area (Å²) in [6, 6.07) is 24.7. The lowest BCUT2D eigenvalue weighted by atomic mass is 10.1. The minimum Gasteiger partial charge on any atom is -0.458 e. The second-order valence-electron chi connectivity index (χ2n) is 4.47. The molecule has 0 aliphatic carbocycles. The lowest BCUT2D eigenvalue weighted by Gasteiger charge is -2.18. The van der Waals surface area contributed by atoms with Gasteiger partial charge in [0.15, 0.2) is 1.43 Å². The van der Waals surface area contributed by atoms with E-state index in [2.05, 4.69) is 87.6 Å². The number of furan rings is 1. The molecular formula is C17H12I2O. The molecule has 0 saturated carbocycles. The Balaban J connectivity index is 1.98. The molecule has 20 heavy (non-hydrogen) atoms. The van der Waals surface area contributed by atoms with Crippen LogP contribution in [0.2, 0.25) is 0 Å². The van der Waals surface area contributed by atoms with Gasteiger partial charge < -0.3 is 4.42 Å². The molecule has 2 aromatic carbocycles. The lowest BCUT2D eigenvalue weighted by molar-refractivity contribution is 0.531. The third kappa shape index (κ3) is 2.79. The Bertz CT molecular complexity index is 687. The first-order valence-electron chi connectivity index (χ1n) is 6.27. The van der Waals surface area contributed by atoms with Crippen LogP contribution in [0, 0.1) is 0 Å². The fourth-order valence-electron chi connectivity index (χ4n) is 2.05. The Labute approximate surface area is 145 Å². The molecule has 3 aromatic rings. The number of alkyl halides is 2. The fourth-order valence-corrected chi connectivity index (χ4v) is 3.35. The van der Waals surface area contributed by atoms with Crippen LogP contribution in [0.5, 0.6) is 0 Å². The van der Waals surface area contributed by atoms with Gasteiger partial charge in [-0.3, -0.25) is 0 Å². The molecule has 0 amide bonds. The van der Waals surface area contributed by atoms with Crippen molar-refractivity contribution in [1.29, 1.82) is 0 Å². The van der Waals surface area contributed by atoms with Crippen molar-refractivity contribution >= 4 is 45.2 Å². The molecule has 0 aliphatic heterocycles. The molecule has 1 heterocycles. The third-order valence-electron chi connectivity index (χ3n) is 3.11. The van der Waals surface area contributed by atoms with Crippen molar-refractivity contribution in [3.8, 4) is 11.3 Å². The molecule has 1 aromatic heterocycles. The van der Waals surface area contributed by atoms with Gasteiger partial charge >= 0.3 is 0 Å². The van der Waals surface area contributed by atoms with Crippen LogP contribution in [-0.4, -0.2) is 0 Å². The van der Waals surface area contributed by atoms with Crippen LogP contribution in [0.15, 0.2) is 77.2 Å². The van der Waals surface area contributed by atoms with E-state index in [0.29, 0.717) is 0 Å². The molecule has 0 fully saturated rings. The zero-order valence-electron chi connectivity index (χ0n) is 10.6. The van der Waals surface area contributed by atoms with Gasteiger partial charge in [0.05, 0.1) is 0 Å². The van der Waals surface area contributed by atoms with Gasteiger partial charge in [-0.25, -0.2) is 0 Å². The Hall–Kier alpha value is -0.820. The Morgan fingerprint density at radius 2 is 1.30 bits per heavy atom. The fraction of sp³-hybridized carbons (Fsp3) is 0.0588. The van der Waals surface area contributed by atoms with E-state index < -0.39 is 0 Å². The van der Waals surface area contributed by atoms with E-state index in [9.17, 15) is 0 Å². The molecule has 3 heteroatoms. The van der Waals surface area contributed by atoms with Crippen molar-refractivity contribution in [2.75, 3.05) is 0 Å². The first-order valence-corrected chi connectivity index (χ1v) is 8.43. The maximum absolute atomic E-state index is 6.07. The average Bonchev–Trinajstić information content (AvgIpc) is 3.00. The number of hydrogen-bond acceptors (Lipinski definition) is 1. The SMILES string of the molecule is IC(I)(c1ccccc1)c1ccc(-c2ccccc2)o1. The summed E-state index contributed by atoms with van der Waals surface area (Å²) in [4.78, 5) is 0. The second-order valence-corrected chi connectivity index (χ2v) is 9.77. The highest BCUT2D eigenvalue weighted by molar-refractivity contribution is 14.2. The standard InChI is InChI=1S/C17H12I2O/c18-17(19,14-9-5-2-6-10-14)16-12-11-15(20-16)13-7-3-1-4-8-13/h1-12H. The van der Waals surface area contributed by atoms with Gasteiger partial charge in [0.2, 0.25) is 0 Å². The van der Waals surface area contributed by atoms with Crippen molar-refractivity contribution in [3.05, 3.63) is 84.1 Å². The Kier molecular flexibility index (Phi) is 4.16. The van der Waals surface area contributed by atoms with Gasteiger partial charge in [-0.2, -0.15) is 0 Å². The smallest absolute Gasteiger partial charge is 0.155 e. The van der Waals surface area contributed by atoms with Crippen molar-refractivity contribution in [2.24, 2.45) is 0 Å². The highest BCUT2D eigenvalue weighted by Crippen LogP contribution is 2.46. The van der Waals surface area contributed by atoms with Crippen LogP contribution in [0.3, 0.4) is 0 Å². The molecule has 0 atom stereocenters. The maximum atomic E-state index is 6.07. The number of hydrogen-bond donors (Lipinski definition) is 0. The summed E-state index contributed by atoms with van der Waals surface area (Å²) in [6.45, 7) is 0. The first-order chi connectivity index (χ1) is 9.68. The average molecular weight is 486 g/mol. The molecule has 0 bridgehead atoms. The predicted molar refractivity (Wildman–Crippen MR) is 99.4 cm³/mol. The van der Waals surface area contributed by atoms with Crippen molar-refractivity contribution in [3.63, 3.8) is 0 Å². The van der Waals surface area contributed by atoms with E-state index >= 15 is 0 Å². The third-order valence-corrected chi connectivity index (χ3v) is 5.42. The minimum absolute atomic E-state index is 0.191. The molecule has 0 radical (unpaired) electrons. The summed E-state index contributed by atoms with van der Waals surface area (Å²) in [5.74, 6) is 1.87. The molecular weight excluding hydrogens is 474 g/mol. The maximum Gasteiger partial charge on any atom is 0.155 e. The van der Waals surface area contributed by atoms with Crippen LogP contribution >= 0.6 is 45.2 Å². The Morgan fingerprint density at radius 1 is 0.700 bits per heavy atom. The zero-order valence-corrected chi connectivity index (χ0v) is 14.9. The first kappa shape index (κ1) is 14.1. The van der Waals surface area contributed by atoms with E-state index in [-0.39, 0.29) is 1.43 Å². The second kappa shape index (κ2) is 5.89. The van der Waals surface area contributed by atoms with Crippen LogP contribution in [0.25, 0.3) is 11.3 Å². The van der Waals surface area contributed by atoms with Crippen molar-refractivity contribution in [1.82, 2.24) is 0 Å². The van der Waals surface area contributed by atoms with E-state index in [1.165, 1.54) is 5.56 Å². The highest BCUT2D eigenvalue weighted by atomic mass is 127. The molecule has 1 nitrogen and oxygen atoms in total. The van der Waals surface area contributed by atoms with Crippen LogP contribution in [0.1, 0.15) is 11.3 Å². The predicted octanol–water partition coefficient (Wildman–Crippen LogP) is 6.02. The molecule has 3 rings (SSSR count). The largest absolute Gasteiger partial charge is 0.458 e. The number of benzene rings is 2. The summed E-state index contributed by atoms with van der Waals surface area (Å²) >= 11 is 4.87. The van der Waals surface area contributed by atoms with E-state index in [1.807, 2.05) is 30.3 Å². The molecule has 0 unspecified atom stereocenters. The molecule has 0 N–H and O–H groups in total. The summed E-state index contributed by atoms with van der Waals surface area (Å²) < 4.78 is 5.88. The highest BCUT2D eigenvalue weighted by Gasteiger charge is 2.31. The van der Waals surface area contributed by atoms with Gasteiger partial charge in [0.25, 0.3) is 0 Å². The molecule has 0 saturated heterocycles. The monoisotopic (exact) mass is 486 g/mol. The lowest BCUT2D eigenvalue weighted by Crippen LogP contribution is -2.08. The topological polar surface area (TPSA) is 13.1 Å². The summed E-state index contributed by atoms with van der Waals surface area (Å²) in [5, 5.41) is 0. The van der Waals surface area contributed by atoms with E-state index in [1.54, 1.807) is 0 Å². The van der Waals surface area contributed by atoms with Gasteiger partial charge in [-0.1, -0.05) is 106 Å². The van der Waals surface area contributed by atoms with Crippen LogP contribution in [-0.2, 0) is 1.43 Å². The van der Waals surface area contributed by atoms with Crippen LogP contribution in [0.4, 0.5) is 0 Å².